The number of carbonyl (C=O) groups excluding carboxylic acids is 4. The number of halogens is 1. The molecule has 2 aliphatic heterocycles. The lowest BCUT2D eigenvalue weighted by molar-refractivity contribution is 0.0421. The Morgan fingerprint density at radius 2 is 1.06 bits per heavy atom. The molecule has 8 nitrogen and oxygen atoms in total. The van der Waals surface area contributed by atoms with Crippen LogP contribution in [0.5, 0.6) is 5.75 Å². The maximum absolute atomic E-state index is 14.2. The SMILES string of the molecule is CCC(CC)N1C(=O)c2ccc3c4c(OC(C)(C)CO)cc5c6c(ccc(c7c(Br)cc(c2c37)C1=O)c64)C(=O)N(C(CC)CC)C5=O. The van der Waals surface area contributed by atoms with Crippen LogP contribution in [0.1, 0.15) is 109 Å². The van der Waals surface area contributed by atoms with Crippen LogP contribution in [0.3, 0.4) is 0 Å². The Labute approximate surface area is 281 Å². The molecule has 2 heterocycles. The normalized spacial score (nSPS) is 15.3. The minimum Gasteiger partial charge on any atom is -0.485 e. The van der Waals surface area contributed by atoms with E-state index in [9.17, 15) is 24.3 Å². The van der Waals surface area contributed by atoms with Crippen molar-refractivity contribution in [3.63, 3.8) is 0 Å². The Bertz CT molecular complexity index is 2200. The van der Waals surface area contributed by atoms with Gasteiger partial charge in [-0.3, -0.25) is 29.0 Å². The molecule has 4 amide bonds. The largest absolute Gasteiger partial charge is 0.485 e. The number of carbonyl (C=O) groups is 4. The zero-order valence-corrected chi connectivity index (χ0v) is 29.0. The van der Waals surface area contributed by atoms with Gasteiger partial charge in [-0.25, -0.2) is 0 Å². The van der Waals surface area contributed by atoms with Gasteiger partial charge in [0.25, 0.3) is 23.6 Å². The quantitative estimate of drug-likeness (QED) is 0.0946. The predicted molar refractivity (Wildman–Crippen MR) is 187 cm³/mol. The van der Waals surface area contributed by atoms with Crippen LogP contribution in [-0.4, -0.2) is 62.8 Å². The molecule has 7 rings (SSSR count). The van der Waals surface area contributed by atoms with Crippen LogP contribution in [-0.2, 0) is 0 Å². The number of amides is 4. The highest BCUT2D eigenvalue weighted by molar-refractivity contribution is 9.10. The number of nitrogens with zero attached hydrogens (tertiary/aromatic N) is 2. The number of fused-ring (bicyclic) bond motifs is 2. The highest BCUT2D eigenvalue weighted by atomic mass is 79.9. The van der Waals surface area contributed by atoms with Crippen molar-refractivity contribution < 1.29 is 29.0 Å². The Morgan fingerprint density at radius 3 is 1.53 bits per heavy atom. The van der Waals surface area contributed by atoms with Crippen molar-refractivity contribution >= 4 is 82.6 Å². The number of imide groups is 2. The van der Waals surface area contributed by atoms with E-state index in [1.54, 1.807) is 38.1 Å². The fourth-order valence-electron chi connectivity index (χ4n) is 7.80. The molecule has 5 aromatic rings. The summed E-state index contributed by atoms with van der Waals surface area (Å²) in [6.07, 6.45) is 2.56. The summed E-state index contributed by atoms with van der Waals surface area (Å²) in [4.78, 5) is 59.2. The van der Waals surface area contributed by atoms with E-state index in [0.29, 0.717) is 79.7 Å². The van der Waals surface area contributed by atoms with Crippen LogP contribution in [0.4, 0.5) is 0 Å². The van der Waals surface area contributed by atoms with Crippen molar-refractivity contribution in [3.8, 4) is 5.75 Å². The summed E-state index contributed by atoms with van der Waals surface area (Å²) in [5.41, 5.74) is 0.699. The number of aliphatic hydroxyl groups excluding tert-OH is 1. The van der Waals surface area contributed by atoms with Gasteiger partial charge in [-0.1, -0.05) is 55.8 Å². The van der Waals surface area contributed by atoms with E-state index in [1.807, 2.05) is 39.8 Å². The van der Waals surface area contributed by atoms with Crippen LogP contribution in [0.15, 0.2) is 40.9 Å². The average molecular weight is 698 g/mol. The van der Waals surface area contributed by atoms with Crippen molar-refractivity contribution in [2.45, 2.75) is 84.9 Å². The van der Waals surface area contributed by atoms with E-state index in [2.05, 4.69) is 15.9 Å². The van der Waals surface area contributed by atoms with E-state index in [1.165, 1.54) is 9.80 Å². The predicted octanol–water partition coefficient (Wildman–Crippen LogP) is 8.22. The molecule has 0 atom stereocenters. The van der Waals surface area contributed by atoms with Gasteiger partial charge in [0, 0.05) is 65.6 Å². The molecule has 9 heteroatoms. The Hall–Kier alpha value is -4.08. The van der Waals surface area contributed by atoms with Crippen molar-refractivity contribution in [3.05, 3.63) is 63.1 Å². The van der Waals surface area contributed by atoms with Crippen molar-refractivity contribution in [2.75, 3.05) is 6.61 Å². The van der Waals surface area contributed by atoms with Crippen LogP contribution in [0.25, 0.3) is 43.1 Å². The first-order chi connectivity index (χ1) is 22.4. The molecular weight excluding hydrogens is 660 g/mol. The lowest BCUT2D eigenvalue weighted by atomic mass is 9.81. The minimum atomic E-state index is -1.01. The molecule has 242 valence electrons. The molecule has 1 N–H and O–H groups in total. The molecule has 0 fully saturated rings. The standard InChI is InChI=1S/C38H37BrN2O6/c1-7-18(8-2)40-34(43)22-14-12-21-31-27(47-38(5,6)17-42)16-25-29-23(35(44)41(37(25)46)19(9-3)10-4)13-11-20(33(29)31)30-26(39)15-24(36(40)45)28(22)32(21)30/h11-16,18-19,42H,7-10,17H2,1-6H3. The summed E-state index contributed by atoms with van der Waals surface area (Å²) in [6, 6.07) is 10.3. The first-order valence-electron chi connectivity index (χ1n) is 16.4. The summed E-state index contributed by atoms with van der Waals surface area (Å²) in [6.45, 7) is 11.1. The third-order valence-corrected chi connectivity index (χ3v) is 10.8. The minimum absolute atomic E-state index is 0.225. The molecule has 0 spiro atoms. The van der Waals surface area contributed by atoms with Gasteiger partial charge in [0.05, 0.1) is 12.2 Å². The van der Waals surface area contributed by atoms with E-state index < -0.39 is 5.60 Å². The first kappa shape index (κ1) is 31.5. The summed E-state index contributed by atoms with van der Waals surface area (Å²) in [5.74, 6) is -0.966. The molecule has 0 unspecified atom stereocenters. The second-order valence-electron chi connectivity index (χ2n) is 13.3. The van der Waals surface area contributed by atoms with Gasteiger partial charge in [0.15, 0.2) is 0 Å². The maximum atomic E-state index is 14.2. The molecular formula is C38H37BrN2O6. The molecule has 2 aliphatic rings. The highest BCUT2D eigenvalue weighted by Gasteiger charge is 2.41. The number of ether oxygens (including phenoxy) is 1. The Morgan fingerprint density at radius 1 is 0.638 bits per heavy atom. The zero-order chi connectivity index (χ0) is 33.7. The third kappa shape index (κ3) is 4.21. The van der Waals surface area contributed by atoms with Gasteiger partial charge in [0.1, 0.15) is 11.4 Å². The van der Waals surface area contributed by atoms with Crippen LogP contribution in [0, 0.1) is 0 Å². The lowest BCUT2D eigenvalue weighted by Crippen LogP contribution is -2.46. The van der Waals surface area contributed by atoms with Gasteiger partial charge in [-0.05, 0) is 74.6 Å². The van der Waals surface area contributed by atoms with Crippen LogP contribution >= 0.6 is 15.9 Å². The molecule has 5 aromatic carbocycles. The molecule has 0 aliphatic carbocycles. The number of benzene rings is 5. The maximum Gasteiger partial charge on any atom is 0.261 e. The molecule has 0 aromatic heterocycles. The van der Waals surface area contributed by atoms with Gasteiger partial charge < -0.3 is 9.84 Å². The van der Waals surface area contributed by atoms with E-state index in [-0.39, 0.29) is 42.3 Å². The summed E-state index contributed by atoms with van der Waals surface area (Å²) < 4.78 is 7.21. The van der Waals surface area contributed by atoms with E-state index >= 15 is 0 Å². The average Bonchev–Trinajstić information content (AvgIpc) is 3.06. The smallest absolute Gasteiger partial charge is 0.261 e. The summed E-state index contributed by atoms with van der Waals surface area (Å²) >= 11 is 3.79. The first-order valence-corrected chi connectivity index (χ1v) is 17.2. The summed E-state index contributed by atoms with van der Waals surface area (Å²) in [5, 5.41) is 15.7. The van der Waals surface area contributed by atoms with Gasteiger partial charge >= 0.3 is 0 Å². The van der Waals surface area contributed by atoms with E-state index in [4.69, 9.17) is 4.74 Å². The van der Waals surface area contributed by atoms with Gasteiger partial charge in [0.2, 0.25) is 0 Å². The van der Waals surface area contributed by atoms with Crippen molar-refractivity contribution in [2.24, 2.45) is 0 Å². The van der Waals surface area contributed by atoms with E-state index in [0.717, 1.165) is 21.5 Å². The molecule has 0 bridgehead atoms. The van der Waals surface area contributed by atoms with Crippen molar-refractivity contribution in [1.29, 1.82) is 0 Å². The van der Waals surface area contributed by atoms with Crippen LogP contribution < -0.4 is 4.74 Å². The van der Waals surface area contributed by atoms with Gasteiger partial charge in [-0.2, -0.15) is 0 Å². The molecule has 0 radical (unpaired) electrons. The van der Waals surface area contributed by atoms with Crippen LogP contribution in [0.2, 0.25) is 0 Å². The third-order valence-electron chi connectivity index (χ3n) is 10.2. The molecule has 0 saturated carbocycles. The lowest BCUT2D eigenvalue weighted by Gasteiger charge is -2.35. The molecule has 0 saturated heterocycles. The monoisotopic (exact) mass is 696 g/mol. The number of hydrogen-bond donors (Lipinski definition) is 1. The number of rotatable bonds is 9. The number of hydrogen-bond acceptors (Lipinski definition) is 6. The highest BCUT2D eigenvalue weighted by Crippen LogP contribution is 2.51. The second kappa shape index (κ2) is 11.0. The fraction of sp³-hybridized carbons (Fsp3) is 0.368. The Balaban J connectivity index is 1.66. The molecule has 47 heavy (non-hydrogen) atoms. The zero-order valence-electron chi connectivity index (χ0n) is 27.4. The fourth-order valence-corrected chi connectivity index (χ4v) is 8.44. The van der Waals surface area contributed by atoms with Crippen molar-refractivity contribution in [1.82, 2.24) is 9.80 Å². The Kier molecular flexibility index (Phi) is 7.37. The van der Waals surface area contributed by atoms with Gasteiger partial charge in [-0.15, -0.1) is 0 Å². The summed E-state index contributed by atoms with van der Waals surface area (Å²) in [7, 11) is 0. The second-order valence-corrected chi connectivity index (χ2v) is 14.2. The number of aliphatic hydroxyl groups is 1. The topological polar surface area (TPSA) is 104 Å².